The maximum Gasteiger partial charge on any atom is 0.407 e. The van der Waals surface area contributed by atoms with Gasteiger partial charge < -0.3 is 25.2 Å². The third-order valence-electron chi connectivity index (χ3n) is 2.82. The van der Waals surface area contributed by atoms with E-state index >= 15 is 0 Å². The Hall–Kier alpha value is -2.78. The summed E-state index contributed by atoms with van der Waals surface area (Å²) in [7, 11) is 0. The first kappa shape index (κ1) is 22.3. The van der Waals surface area contributed by atoms with Crippen molar-refractivity contribution in [3.05, 3.63) is 17.5 Å². The Balaban J connectivity index is 2.75. The molecular weight excluding hydrogens is 356 g/mol. The maximum absolute atomic E-state index is 11.8. The van der Waals surface area contributed by atoms with Gasteiger partial charge in [0.15, 0.2) is 0 Å². The second kappa shape index (κ2) is 8.74. The van der Waals surface area contributed by atoms with Crippen LogP contribution in [0.4, 0.5) is 9.59 Å². The average molecular weight is 384 g/mol. The number of nitrogens with one attached hydrogen (secondary N) is 2. The molecule has 3 N–H and O–H groups in total. The van der Waals surface area contributed by atoms with Gasteiger partial charge in [-0.2, -0.15) is 5.10 Å². The van der Waals surface area contributed by atoms with Crippen molar-refractivity contribution in [1.29, 1.82) is 0 Å². The minimum atomic E-state index is -1.08. The lowest BCUT2D eigenvalue weighted by molar-refractivity contribution is -0.137. The van der Waals surface area contributed by atoms with Gasteiger partial charge in [-0.3, -0.25) is 9.48 Å². The molecule has 0 aliphatic heterocycles. The highest BCUT2D eigenvalue weighted by Gasteiger charge is 2.19. The van der Waals surface area contributed by atoms with Gasteiger partial charge in [0, 0.05) is 0 Å². The van der Waals surface area contributed by atoms with Gasteiger partial charge in [0.25, 0.3) is 0 Å². The normalized spacial score (nSPS) is 11.6. The fraction of sp³-hybridized carbons (Fsp3) is 0.647. The first-order valence-electron chi connectivity index (χ1n) is 8.46. The number of alkyl carbamates (subject to hydrolysis) is 2. The van der Waals surface area contributed by atoms with Crippen LogP contribution < -0.4 is 10.6 Å². The molecule has 0 spiro atoms. The summed E-state index contributed by atoms with van der Waals surface area (Å²) in [5, 5.41) is 18.3. The van der Waals surface area contributed by atoms with Gasteiger partial charge in [-0.1, -0.05) is 0 Å². The van der Waals surface area contributed by atoms with Crippen molar-refractivity contribution in [3.8, 4) is 0 Å². The highest BCUT2D eigenvalue weighted by molar-refractivity contribution is 5.68. The number of ether oxygens (including phenoxy) is 2. The molecule has 1 heterocycles. The van der Waals surface area contributed by atoms with E-state index in [9.17, 15) is 14.4 Å². The van der Waals surface area contributed by atoms with Gasteiger partial charge in [-0.15, -0.1) is 0 Å². The Morgan fingerprint density at radius 2 is 1.48 bits per heavy atom. The van der Waals surface area contributed by atoms with Crippen LogP contribution in [0.1, 0.15) is 52.9 Å². The smallest absolute Gasteiger partial charge is 0.407 e. The molecule has 0 bridgehead atoms. The predicted octanol–water partition coefficient (Wildman–Crippen LogP) is 2.02. The zero-order valence-electron chi connectivity index (χ0n) is 16.6. The molecule has 1 aromatic rings. The van der Waals surface area contributed by atoms with Crippen LogP contribution in [0.3, 0.4) is 0 Å². The van der Waals surface area contributed by atoms with Crippen molar-refractivity contribution in [1.82, 2.24) is 20.4 Å². The van der Waals surface area contributed by atoms with Crippen molar-refractivity contribution in [2.45, 2.75) is 72.4 Å². The molecule has 27 heavy (non-hydrogen) atoms. The number of carbonyl (C=O) groups excluding carboxylic acids is 2. The number of rotatable bonds is 6. The molecule has 0 radical (unpaired) electrons. The summed E-state index contributed by atoms with van der Waals surface area (Å²) in [4.78, 5) is 34.5. The van der Waals surface area contributed by atoms with Gasteiger partial charge in [-0.25, -0.2) is 9.59 Å². The van der Waals surface area contributed by atoms with Crippen molar-refractivity contribution < 1.29 is 29.0 Å². The van der Waals surface area contributed by atoms with Gasteiger partial charge in [0.2, 0.25) is 0 Å². The highest BCUT2D eigenvalue weighted by Crippen LogP contribution is 2.10. The van der Waals surface area contributed by atoms with Gasteiger partial charge in [0.05, 0.1) is 24.5 Å². The SMILES string of the molecule is CC(C)(C)OC(=O)NCc1cc(CNC(=O)OC(C)(C)C)n(CC(=O)O)n1. The number of aromatic nitrogens is 2. The van der Waals surface area contributed by atoms with E-state index in [-0.39, 0.29) is 19.6 Å². The van der Waals surface area contributed by atoms with E-state index in [4.69, 9.17) is 14.6 Å². The number of nitrogens with zero attached hydrogens (tertiary/aromatic N) is 2. The van der Waals surface area contributed by atoms with Crippen molar-refractivity contribution in [2.24, 2.45) is 0 Å². The lowest BCUT2D eigenvalue weighted by atomic mass is 10.2. The molecule has 0 aromatic carbocycles. The van der Waals surface area contributed by atoms with E-state index in [1.807, 2.05) is 0 Å². The molecule has 1 rings (SSSR count). The maximum atomic E-state index is 11.8. The fourth-order valence-corrected chi connectivity index (χ4v) is 1.96. The molecule has 0 saturated carbocycles. The molecule has 0 aliphatic carbocycles. The third-order valence-corrected chi connectivity index (χ3v) is 2.82. The largest absolute Gasteiger partial charge is 0.480 e. The van der Waals surface area contributed by atoms with Crippen molar-refractivity contribution in [3.63, 3.8) is 0 Å². The number of aliphatic carboxylic acids is 1. The van der Waals surface area contributed by atoms with Crippen LogP contribution in [-0.4, -0.2) is 44.2 Å². The van der Waals surface area contributed by atoms with Crippen molar-refractivity contribution in [2.75, 3.05) is 0 Å². The highest BCUT2D eigenvalue weighted by atomic mass is 16.6. The molecule has 152 valence electrons. The summed E-state index contributed by atoms with van der Waals surface area (Å²) in [6.07, 6.45) is -1.23. The van der Waals surface area contributed by atoms with Gasteiger partial charge in [0.1, 0.15) is 17.7 Å². The molecule has 0 aliphatic rings. The zero-order valence-corrected chi connectivity index (χ0v) is 16.6. The zero-order chi connectivity index (χ0) is 20.8. The van der Waals surface area contributed by atoms with E-state index in [0.29, 0.717) is 11.4 Å². The second-order valence-corrected chi connectivity index (χ2v) is 7.89. The molecule has 0 fully saturated rings. The van der Waals surface area contributed by atoms with Gasteiger partial charge in [-0.05, 0) is 47.6 Å². The summed E-state index contributed by atoms with van der Waals surface area (Å²) >= 11 is 0. The topological polar surface area (TPSA) is 132 Å². The fourth-order valence-electron chi connectivity index (χ4n) is 1.96. The van der Waals surface area contributed by atoms with Crippen LogP contribution in [-0.2, 0) is 33.9 Å². The van der Waals surface area contributed by atoms with Crippen LogP contribution in [0.5, 0.6) is 0 Å². The number of carboxylic acid groups (broad SMARTS) is 1. The van der Waals surface area contributed by atoms with E-state index in [0.717, 1.165) is 0 Å². The molecule has 1 aromatic heterocycles. The number of carbonyl (C=O) groups is 3. The summed E-state index contributed by atoms with van der Waals surface area (Å²) in [6, 6.07) is 1.59. The molecule has 0 atom stereocenters. The van der Waals surface area contributed by atoms with Crippen molar-refractivity contribution >= 4 is 18.2 Å². The Morgan fingerprint density at radius 1 is 1.00 bits per heavy atom. The minimum absolute atomic E-state index is 0.0294. The van der Waals surface area contributed by atoms with E-state index in [1.165, 1.54) is 4.68 Å². The Labute approximate surface area is 158 Å². The Bertz CT molecular complexity index is 685. The van der Waals surface area contributed by atoms with E-state index in [2.05, 4.69) is 15.7 Å². The Morgan fingerprint density at radius 3 is 1.93 bits per heavy atom. The lowest BCUT2D eigenvalue weighted by Gasteiger charge is -2.19. The summed E-state index contributed by atoms with van der Waals surface area (Å²) in [5.41, 5.74) is -0.379. The molecular formula is C17H28N4O6. The quantitative estimate of drug-likeness (QED) is 0.683. The predicted molar refractivity (Wildman–Crippen MR) is 96.0 cm³/mol. The summed E-state index contributed by atoms with van der Waals surface area (Å²) in [6.45, 7) is 10.2. The number of hydrogen-bond acceptors (Lipinski definition) is 6. The lowest BCUT2D eigenvalue weighted by Crippen LogP contribution is -2.32. The molecule has 2 amide bonds. The van der Waals surface area contributed by atoms with Crippen LogP contribution in [0.15, 0.2) is 6.07 Å². The second-order valence-electron chi connectivity index (χ2n) is 7.89. The number of hydrogen-bond donors (Lipinski definition) is 3. The molecule has 10 heteroatoms. The average Bonchev–Trinajstić information content (AvgIpc) is 2.80. The first-order chi connectivity index (χ1) is 12.2. The molecule has 10 nitrogen and oxygen atoms in total. The van der Waals surface area contributed by atoms with Crippen LogP contribution >= 0.6 is 0 Å². The monoisotopic (exact) mass is 384 g/mol. The van der Waals surface area contributed by atoms with E-state index < -0.39 is 29.4 Å². The Kier molecular flexibility index (Phi) is 7.21. The number of amides is 2. The first-order valence-corrected chi connectivity index (χ1v) is 8.46. The third kappa shape index (κ3) is 9.47. The van der Waals surface area contributed by atoms with Gasteiger partial charge >= 0.3 is 18.2 Å². The summed E-state index contributed by atoms with van der Waals surface area (Å²) < 4.78 is 11.5. The minimum Gasteiger partial charge on any atom is -0.480 e. The van der Waals surface area contributed by atoms with Crippen LogP contribution in [0, 0.1) is 0 Å². The van der Waals surface area contributed by atoms with Crippen LogP contribution in [0.25, 0.3) is 0 Å². The standard InChI is InChI=1S/C17H28N4O6/c1-16(2,3)26-14(24)18-8-11-7-12(21(20-11)10-13(22)23)9-19-15(25)27-17(4,5)6/h7H,8-10H2,1-6H3,(H,18,24)(H,19,25)(H,22,23). The number of carboxylic acids is 1. The summed E-state index contributed by atoms with van der Waals surface area (Å²) in [5.74, 6) is -1.08. The van der Waals surface area contributed by atoms with E-state index in [1.54, 1.807) is 47.6 Å². The molecule has 0 unspecified atom stereocenters. The molecule has 0 saturated heterocycles. The van der Waals surface area contributed by atoms with Crippen LogP contribution in [0.2, 0.25) is 0 Å².